The van der Waals surface area contributed by atoms with Crippen LogP contribution in [0.25, 0.3) is 0 Å². The Labute approximate surface area is 140 Å². The average Bonchev–Trinajstić information content (AvgIpc) is 2.61. The second kappa shape index (κ2) is 9.29. The zero-order chi connectivity index (χ0) is 16.5. The Morgan fingerprint density at radius 2 is 1.61 bits per heavy atom. The van der Waals surface area contributed by atoms with Crippen LogP contribution in [0.4, 0.5) is 0 Å². The number of aliphatic hydroxyl groups excluding tert-OH is 1. The van der Waals surface area contributed by atoms with Gasteiger partial charge in [-0.1, -0.05) is 72.8 Å². The van der Waals surface area contributed by atoms with Crippen LogP contribution < -0.4 is 0 Å². The summed E-state index contributed by atoms with van der Waals surface area (Å²) in [6.45, 7) is 5.35. The molecule has 0 aliphatic carbocycles. The van der Waals surface area contributed by atoms with Gasteiger partial charge in [0.05, 0.1) is 0 Å². The summed E-state index contributed by atoms with van der Waals surface area (Å²) in [6.07, 6.45) is 5.02. The van der Waals surface area contributed by atoms with Gasteiger partial charge < -0.3 is 5.11 Å². The molecule has 0 unspecified atom stereocenters. The molecule has 23 heavy (non-hydrogen) atoms. The number of aliphatic hydroxyl groups is 1. The van der Waals surface area contributed by atoms with E-state index in [2.05, 4.69) is 78.6 Å². The zero-order valence-electron chi connectivity index (χ0n) is 14.1. The standard InChI is InChI=1S/C21H27NO/c1-3-10-21(15-16-23)22(17-19-11-6-4-7-12-19)18(2)20-13-8-5-9-14-20/h3-14,18,21,23H,15-17H2,1-2H3/b10-3+/t18-,21-/m1/s1. The lowest BCUT2D eigenvalue weighted by Crippen LogP contribution is -2.36. The van der Waals surface area contributed by atoms with Crippen molar-refractivity contribution >= 4 is 0 Å². The fourth-order valence-electron chi connectivity index (χ4n) is 2.99. The first kappa shape index (κ1) is 17.5. The Morgan fingerprint density at radius 3 is 2.17 bits per heavy atom. The molecule has 0 saturated heterocycles. The first-order valence-electron chi connectivity index (χ1n) is 8.34. The summed E-state index contributed by atoms with van der Waals surface area (Å²) < 4.78 is 0. The summed E-state index contributed by atoms with van der Waals surface area (Å²) in [4.78, 5) is 2.46. The Bertz CT molecular complexity index is 579. The van der Waals surface area contributed by atoms with Gasteiger partial charge in [-0.15, -0.1) is 0 Å². The minimum absolute atomic E-state index is 0.196. The van der Waals surface area contributed by atoms with E-state index in [-0.39, 0.29) is 18.7 Å². The number of hydrogen-bond donors (Lipinski definition) is 1. The van der Waals surface area contributed by atoms with Crippen molar-refractivity contribution in [1.82, 2.24) is 4.90 Å². The van der Waals surface area contributed by atoms with E-state index in [1.807, 2.05) is 13.0 Å². The van der Waals surface area contributed by atoms with Crippen LogP contribution >= 0.6 is 0 Å². The molecule has 2 rings (SSSR count). The summed E-state index contributed by atoms with van der Waals surface area (Å²) in [6, 6.07) is 21.6. The molecule has 122 valence electrons. The molecule has 0 amide bonds. The maximum atomic E-state index is 9.47. The van der Waals surface area contributed by atoms with Gasteiger partial charge in [-0.05, 0) is 31.4 Å². The van der Waals surface area contributed by atoms with Gasteiger partial charge in [-0.3, -0.25) is 4.90 Å². The molecule has 2 heteroatoms. The van der Waals surface area contributed by atoms with Gasteiger partial charge in [-0.2, -0.15) is 0 Å². The number of hydrogen-bond acceptors (Lipinski definition) is 2. The van der Waals surface area contributed by atoms with Crippen molar-refractivity contribution in [3.8, 4) is 0 Å². The van der Waals surface area contributed by atoms with Crippen LogP contribution in [0, 0.1) is 0 Å². The second-order valence-electron chi connectivity index (χ2n) is 5.85. The molecule has 2 aromatic rings. The van der Waals surface area contributed by atoms with Crippen LogP contribution in [0.2, 0.25) is 0 Å². The molecule has 0 aliphatic rings. The fourth-order valence-corrected chi connectivity index (χ4v) is 2.99. The molecule has 0 bridgehead atoms. The third-order valence-electron chi connectivity index (χ3n) is 4.25. The molecule has 2 atom stereocenters. The first-order valence-corrected chi connectivity index (χ1v) is 8.34. The second-order valence-corrected chi connectivity index (χ2v) is 5.85. The monoisotopic (exact) mass is 309 g/mol. The summed E-state index contributed by atoms with van der Waals surface area (Å²) in [7, 11) is 0. The van der Waals surface area contributed by atoms with Crippen LogP contribution in [0.1, 0.15) is 37.4 Å². The largest absolute Gasteiger partial charge is 0.396 e. The maximum Gasteiger partial charge on any atom is 0.0449 e. The normalized spacial score (nSPS) is 14.3. The molecule has 0 saturated carbocycles. The molecule has 0 radical (unpaired) electrons. The number of benzene rings is 2. The van der Waals surface area contributed by atoms with Crippen molar-refractivity contribution in [3.05, 3.63) is 83.9 Å². The predicted molar refractivity (Wildman–Crippen MR) is 97.1 cm³/mol. The summed E-state index contributed by atoms with van der Waals surface area (Å²) in [5.74, 6) is 0. The Morgan fingerprint density at radius 1 is 1.00 bits per heavy atom. The van der Waals surface area contributed by atoms with Crippen molar-refractivity contribution in [2.45, 2.75) is 38.9 Å². The lowest BCUT2D eigenvalue weighted by molar-refractivity contribution is 0.135. The van der Waals surface area contributed by atoms with Crippen LogP contribution in [-0.4, -0.2) is 22.7 Å². The number of allylic oxidation sites excluding steroid dienone is 1. The fraction of sp³-hybridized carbons (Fsp3) is 0.333. The summed E-state index contributed by atoms with van der Waals surface area (Å²) >= 11 is 0. The van der Waals surface area contributed by atoms with E-state index in [9.17, 15) is 5.11 Å². The lowest BCUT2D eigenvalue weighted by Gasteiger charge is -2.35. The van der Waals surface area contributed by atoms with E-state index in [0.29, 0.717) is 0 Å². The van der Waals surface area contributed by atoms with Crippen LogP contribution in [-0.2, 0) is 6.54 Å². The van der Waals surface area contributed by atoms with Gasteiger partial charge in [0.2, 0.25) is 0 Å². The molecule has 1 N–H and O–H groups in total. The number of rotatable bonds is 8. The van der Waals surface area contributed by atoms with Gasteiger partial charge >= 0.3 is 0 Å². The van der Waals surface area contributed by atoms with Gasteiger partial charge in [0.25, 0.3) is 0 Å². The van der Waals surface area contributed by atoms with Crippen molar-refractivity contribution in [1.29, 1.82) is 0 Å². The van der Waals surface area contributed by atoms with Crippen molar-refractivity contribution < 1.29 is 5.11 Å². The van der Waals surface area contributed by atoms with Crippen LogP contribution in [0.15, 0.2) is 72.8 Å². The van der Waals surface area contributed by atoms with Gasteiger partial charge in [0, 0.05) is 25.2 Å². The van der Waals surface area contributed by atoms with Crippen molar-refractivity contribution in [3.63, 3.8) is 0 Å². The Hall–Kier alpha value is -1.90. The molecule has 0 fully saturated rings. The topological polar surface area (TPSA) is 23.5 Å². The Kier molecular flexibility index (Phi) is 7.05. The van der Waals surface area contributed by atoms with E-state index in [1.165, 1.54) is 11.1 Å². The predicted octanol–water partition coefficient (Wildman–Crippen LogP) is 4.58. The van der Waals surface area contributed by atoms with Crippen LogP contribution in [0.5, 0.6) is 0 Å². The highest BCUT2D eigenvalue weighted by molar-refractivity contribution is 5.21. The highest BCUT2D eigenvalue weighted by Crippen LogP contribution is 2.26. The van der Waals surface area contributed by atoms with E-state index >= 15 is 0 Å². The molecule has 0 aromatic heterocycles. The number of nitrogens with zero attached hydrogens (tertiary/aromatic N) is 1. The third-order valence-corrected chi connectivity index (χ3v) is 4.25. The highest BCUT2D eigenvalue weighted by atomic mass is 16.3. The Balaban J connectivity index is 2.29. The molecular formula is C21H27NO. The average molecular weight is 309 g/mol. The summed E-state index contributed by atoms with van der Waals surface area (Å²) in [5.41, 5.74) is 2.60. The quantitative estimate of drug-likeness (QED) is 0.722. The SMILES string of the molecule is C/C=C/[C@H](CCO)N(Cc1ccccc1)[C@H](C)c1ccccc1. The molecule has 0 aliphatic heterocycles. The smallest absolute Gasteiger partial charge is 0.0449 e. The van der Waals surface area contributed by atoms with Gasteiger partial charge in [0.15, 0.2) is 0 Å². The minimum Gasteiger partial charge on any atom is -0.396 e. The van der Waals surface area contributed by atoms with E-state index < -0.39 is 0 Å². The van der Waals surface area contributed by atoms with Gasteiger partial charge in [0.1, 0.15) is 0 Å². The van der Waals surface area contributed by atoms with Crippen molar-refractivity contribution in [2.24, 2.45) is 0 Å². The highest BCUT2D eigenvalue weighted by Gasteiger charge is 2.22. The van der Waals surface area contributed by atoms with E-state index in [0.717, 1.165) is 13.0 Å². The van der Waals surface area contributed by atoms with Crippen LogP contribution in [0.3, 0.4) is 0 Å². The first-order chi connectivity index (χ1) is 11.3. The van der Waals surface area contributed by atoms with E-state index in [1.54, 1.807) is 0 Å². The minimum atomic E-state index is 0.196. The lowest BCUT2D eigenvalue weighted by atomic mass is 10.0. The maximum absolute atomic E-state index is 9.47. The van der Waals surface area contributed by atoms with E-state index in [4.69, 9.17) is 0 Å². The molecular weight excluding hydrogens is 282 g/mol. The molecule has 2 nitrogen and oxygen atoms in total. The molecule has 0 heterocycles. The molecule has 0 spiro atoms. The zero-order valence-corrected chi connectivity index (χ0v) is 14.1. The van der Waals surface area contributed by atoms with Crippen molar-refractivity contribution in [2.75, 3.05) is 6.61 Å². The third kappa shape index (κ3) is 5.05. The van der Waals surface area contributed by atoms with Gasteiger partial charge in [-0.25, -0.2) is 0 Å². The molecule has 2 aromatic carbocycles. The summed E-state index contributed by atoms with van der Waals surface area (Å²) in [5, 5.41) is 9.47.